The number of methoxy groups -OCH3 is 1. The molecule has 0 aliphatic rings. The van der Waals surface area contributed by atoms with Crippen LogP contribution in [0.25, 0.3) is 0 Å². The maximum Gasteiger partial charge on any atom is 0.327 e. The molecule has 1 rings (SSSR count). The van der Waals surface area contributed by atoms with E-state index >= 15 is 0 Å². The first-order chi connectivity index (χ1) is 7.77. The quantitative estimate of drug-likeness (QED) is 0.380. The van der Waals surface area contributed by atoms with E-state index in [0.717, 1.165) is 5.75 Å². The number of carbonyl (C=O) groups is 1. The number of hydrogen-bond donors (Lipinski definition) is 0. The molecule has 0 aromatic carbocycles. The molecule has 0 spiro atoms. The Balaban J connectivity index is 2.41. The number of thioether (sulfide) groups is 1. The first kappa shape index (κ1) is 12.9. The van der Waals surface area contributed by atoms with Crippen LogP contribution in [0.4, 0.5) is 0 Å². The Morgan fingerprint density at radius 1 is 1.56 bits per heavy atom. The van der Waals surface area contributed by atoms with Crippen molar-refractivity contribution in [2.45, 2.75) is 18.6 Å². The van der Waals surface area contributed by atoms with Crippen molar-refractivity contribution in [2.75, 3.05) is 26.1 Å². The van der Waals surface area contributed by atoms with Crippen molar-refractivity contribution in [2.24, 2.45) is 0 Å². The molecule has 8 heteroatoms. The number of ether oxygens (including phenoxy) is 2. The molecule has 90 valence electrons. The molecule has 0 saturated carbocycles. The van der Waals surface area contributed by atoms with Crippen LogP contribution in [-0.2, 0) is 20.8 Å². The number of carbonyl (C=O) groups excluding carboxylic acids is 1. The monoisotopic (exact) mass is 246 g/mol. The number of nitrogens with zero attached hydrogens (tertiary/aromatic N) is 4. The first-order valence-electron chi connectivity index (χ1n) is 4.81. The third-order valence-electron chi connectivity index (χ3n) is 1.67. The summed E-state index contributed by atoms with van der Waals surface area (Å²) in [5.41, 5.74) is 0. The van der Waals surface area contributed by atoms with E-state index in [4.69, 9.17) is 4.74 Å². The highest BCUT2D eigenvalue weighted by atomic mass is 32.2. The molecule has 1 aromatic rings. The summed E-state index contributed by atoms with van der Waals surface area (Å²) in [6.07, 6.45) is 0. The van der Waals surface area contributed by atoms with Gasteiger partial charge in [-0.1, -0.05) is 11.8 Å². The molecule has 0 amide bonds. The maximum absolute atomic E-state index is 11.0. The molecule has 0 saturated heterocycles. The zero-order chi connectivity index (χ0) is 11.8. The molecule has 0 aliphatic carbocycles. The van der Waals surface area contributed by atoms with E-state index in [2.05, 4.69) is 20.3 Å². The van der Waals surface area contributed by atoms with Crippen molar-refractivity contribution in [1.29, 1.82) is 0 Å². The Morgan fingerprint density at radius 3 is 3.06 bits per heavy atom. The van der Waals surface area contributed by atoms with E-state index in [9.17, 15) is 4.79 Å². The van der Waals surface area contributed by atoms with Gasteiger partial charge in [0.05, 0.1) is 13.7 Å². The maximum atomic E-state index is 11.0. The Bertz CT molecular complexity index is 331. The average Bonchev–Trinajstić information content (AvgIpc) is 2.72. The smallest absolute Gasteiger partial charge is 0.327 e. The lowest BCUT2D eigenvalue weighted by molar-refractivity contribution is -0.141. The summed E-state index contributed by atoms with van der Waals surface area (Å²) in [4.78, 5) is 11.0. The summed E-state index contributed by atoms with van der Waals surface area (Å²) in [7, 11) is 1.33. The molecule has 0 unspecified atom stereocenters. The van der Waals surface area contributed by atoms with E-state index in [1.165, 1.54) is 23.6 Å². The Hall–Kier alpha value is -1.15. The van der Waals surface area contributed by atoms with Crippen LogP contribution in [0.15, 0.2) is 5.16 Å². The number of rotatable bonds is 7. The number of aromatic nitrogens is 4. The van der Waals surface area contributed by atoms with Crippen LogP contribution in [0.3, 0.4) is 0 Å². The largest absolute Gasteiger partial charge is 0.468 e. The van der Waals surface area contributed by atoms with E-state index in [1.54, 1.807) is 0 Å². The second-order valence-electron chi connectivity index (χ2n) is 2.74. The van der Waals surface area contributed by atoms with Gasteiger partial charge in [-0.2, -0.15) is 0 Å². The highest BCUT2D eigenvalue weighted by molar-refractivity contribution is 7.99. The van der Waals surface area contributed by atoms with Gasteiger partial charge in [0.2, 0.25) is 5.16 Å². The fraction of sp³-hybridized carbons (Fsp3) is 0.750. The lowest BCUT2D eigenvalue weighted by Crippen LogP contribution is -2.14. The van der Waals surface area contributed by atoms with Crippen molar-refractivity contribution >= 4 is 17.7 Å². The first-order valence-corrected chi connectivity index (χ1v) is 5.80. The molecule has 7 nitrogen and oxygen atoms in total. The number of esters is 1. The van der Waals surface area contributed by atoms with Crippen LogP contribution in [0.2, 0.25) is 0 Å². The Morgan fingerprint density at radius 2 is 2.38 bits per heavy atom. The summed E-state index contributed by atoms with van der Waals surface area (Å²) in [5.74, 6) is 0.369. The van der Waals surface area contributed by atoms with Gasteiger partial charge in [0.25, 0.3) is 0 Å². The zero-order valence-electron chi connectivity index (χ0n) is 9.25. The predicted octanol–water partition coefficient (Wildman–Crippen LogP) is -0.0253. The van der Waals surface area contributed by atoms with Gasteiger partial charge in [0.1, 0.15) is 6.54 Å². The summed E-state index contributed by atoms with van der Waals surface area (Å²) >= 11 is 1.44. The Labute approximate surface area is 97.5 Å². The summed E-state index contributed by atoms with van der Waals surface area (Å²) < 4.78 is 11.1. The second kappa shape index (κ2) is 7.18. The second-order valence-corrected chi connectivity index (χ2v) is 3.80. The SMILES string of the molecule is CCOCCSc1nnnn1CC(=O)OC. The predicted molar refractivity (Wildman–Crippen MR) is 57.1 cm³/mol. The van der Waals surface area contributed by atoms with Gasteiger partial charge in [0, 0.05) is 12.4 Å². The molecule has 0 atom stereocenters. The minimum absolute atomic E-state index is 0.0282. The van der Waals surface area contributed by atoms with Gasteiger partial charge in [-0.25, -0.2) is 4.68 Å². The lowest BCUT2D eigenvalue weighted by atomic mass is 10.7. The molecular weight excluding hydrogens is 232 g/mol. The minimum atomic E-state index is -0.376. The van der Waals surface area contributed by atoms with E-state index in [-0.39, 0.29) is 12.5 Å². The molecule has 0 radical (unpaired) electrons. The van der Waals surface area contributed by atoms with Crippen molar-refractivity contribution in [1.82, 2.24) is 20.2 Å². The molecule has 0 aliphatic heterocycles. The average molecular weight is 246 g/mol. The van der Waals surface area contributed by atoms with Crippen LogP contribution in [0.1, 0.15) is 6.92 Å². The van der Waals surface area contributed by atoms with Crippen molar-refractivity contribution in [3.8, 4) is 0 Å². The van der Waals surface area contributed by atoms with Gasteiger partial charge in [0.15, 0.2) is 0 Å². The number of hydrogen-bond acceptors (Lipinski definition) is 7. The van der Waals surface area contributed by atoms with Gasteiger partial charge < -0.3 is 9.47 Å². The fourth-order valence-electron chi connectivity index (χ4n) is 0.922. The van der Waals surface area contributed by atoms with Crippen molar-refractivity contribution < 1.29 is 14.3 Å². The van der Waals surface area contributed by atoms with Gasteiger partial charge in [-0.05, 0) is 17.4 Å². The number of tetrazole rings is 1. The highest BCUT2D eigenvalue weighted by Gasteiger charge is 2.10. The zero-order valence-corrected chi connectivity index (χ0v) is 10.1. The molecule has 0 fully saturated rings. The van der Waals surface area contributed by atoms with Crippen LogP contribution in [0.5, 0.6) is 0 Å². The molecule has 16 heavy (non-hydrogen) atoms. The fourth-order valence-corrected chi connectivity index (χ4v) is 1.65. The molecule has 1 aromatic heterocycles. The van der Waals surface area contributed by atoms with Crippen LogP contribution in [0, 0.1) is 0 Å². The molecule has 0 bridgehead atoms. The summed E-state index contributed by atoms with van der Waals surface area (Å²) in [6, 6.07) is 0. The minimum Gasteiger partial charge on any atom is -0.468 e. The Kier molecular flexibility index (Phi) is 5.79. The van der Waals surface area contributed by atoms with Gasteiger partial charge in [-0.15, -0.1) is 5.10 Å². The lowest BCUT2D eigenvalue weighted by Gasteiger charge is -2.02. The van der Waals surface area contributed by atoms with Crippen molar-refractivity contribution in [3.05, 3.63) is 0 Å². The third-order valence-corrected chi connectivity index (χ3v) is 2.59. The standard InChI is InChI=1S/C8H14N4O3S/c1-3-15-4-5-16-8-9-10-11-12(8)6-7(13)14-2/h3-6H2,1-2H3. The summed E-state index contributed by atoms with van der Waals surface area (Å²) in [6.45, 7) is 3.28. The summed E-state index contributed by atoms with van der Waals surface area (Å²) in [5, 5.41) is 11.6. The molecule has 0 N–H and O–H groups in total. The highest BCUT2D eigenvalue weighted by Crippen LogP contribution is 2.12. The van der Waals surface area contributed by atoms with Crippen LogP contribution < -0.4 is 0 Å². The molecular formula is C8H14N4O3S. The molecule has 1 heterocycles. The topological polar surface area (TPSA) is 79.1 Å². The van der Waals surface area contributed by atoms with Crippen molar-refractivity contribution in [3.63, 3.8) is 0 Å². The van der Waals surface area contributed by atoms with Gasteiger partial charge >= 0.3 is 5.97 Å². The van der Waals surface area contributed by atoms with Crippen LogP contribution in [-0.4, -0.2) is 52.3 Å². The van der Waals surface area contributed by atoms with Gasteiger partial charge in [-0.3, -0.25) is 4.79 Å². The van der Waals surface area contributed by atoms with Crippen LogP contribution >= 0.6 is 11.8 Å². The van der Waals surface area contributed by atoms with E-state index < -0.39 is 0 Å². The third kappa shape index (κ3) is 4.15. The van der Waals surface area contributed by atoms with E-state index in [0.29, 0.717) is 18.4 Å². The normalized spacial score (nSPS) is 10.4. The van der Waals surface area contributed by atoms with E-state index in [1.807, 2.05) is 6.92 Å².